The smallest absolute Gasteiger partial charge is 0.0541 e. The Morgan fingerprint density at radius 1 is 0.250 bits per heavy atom. The zero-order valence-electron chi connectivity index (χ0n) is 35.1. The topological polar surface area (TPSA) is 8.17 Å². The van der Waals surface area contributed by atoms with Gasteiger partial charge in [0.2, 0.25) is 0 Å². The highest BCUT2D eigenvalue weighted by atomic mass is 15.1. The molecule has 0 radical (unpaired) electrons. The number of hydrogen-bond donors (Lipinski definition) is 0. The maximum atomic E-state index is 2.43. The van der Waals surface area contributed by atoms with Gasteiger partial charge in [-0.15, -0.1) is 0 Å². The third-order valence-electron chi connectivity index (χ3n) is 12.8. The molecule has 2 heteroatoms. The molecule has 0 aliphatic heterocycles. The van der Waals surface area contributed by atoms with Gasteiger partial charge in [-0.05, 0) is 115 Å². The van der Waals surface area contributed by atoms with E-state index in [0.29, 0.717) is 0 Å². The van der Waals surface area contributed by atoms with Crippen molar-refractivity contribution in [3.05, 3.63) is 255 Å². The Morgan fingerprint density at radius 2 is 0.672 bits per heavy atom. The number of para-hydroxylation sites is 3. The van der Waals surface area contributed by atoms with E-state index < -0.39 is 0 Å². The molecule has 300 valence electrons. The van der Waals surface area contributed by atoms with Crippen LogP contribution in [0, 0.1) is 0 Å². The molecule has 0 aliphatic carbocycles. The summed E-state index contributed by atoms with van der Waals surface area (Å²) in [7, 11) is 0. The molecule has 11 aromatic carbocycles. The third-order valence-corrected chi connectivity index (χ3v) is 12.8. The quantitative estimate of drug-likeness (QED) is 0.148. The fourth-order valence-electron chi connectivity index (χ4n) is 9.84. The molecule has 64 heavy (non-hydrogen) atoms. The Bertz CT molecular complexity index is 3610. The highest BCUT2D eigenvalue weighted by molar-refractivity contribution is 6.10. The van der Waals surface area contributed by atoms with Crippen molar-refractivity contribution in [3.8, 4) is 50.2 Å². The number of hydrogen-bond acceptors (Lipinski definition) is 1. The van der Waals surface area contributed by atoms with Gasteiger partial charge in [0.15, 0.2) is 0 Å². The first-order valence-corrected chi connectivity index (χ1v) is 22.0. The summed E-state index contributed by atoms with van der Waals surface area (Å²) < 4.78 is 2.43. The molecular formula is C62H42N2. The Morgan fingerprint density at radius 3 is 1.28 bits per heavy atom. The number of nitrogens with zero attached hydrogens (tertiary/aromatic N) is 2. The summed E-state index contributed by atoms with van der Waals surface area (Å²) in [5, 5.41) is 7.49. The van der Waals surface area contributed by atoms with E-state index in [-0.39, 0.29) is 0 Å². The molecule has 12 aromatic rings. The van der Waals surface area contributed by atoms with Crippen LogP contribution in [-0.2, 0) is 0 Å². The van der Waals surface area contributed by atoms with E-state index in [0.717, 1.165) is 28.3 Å². The van der Waals surface area contributed by atoms with Gasteiger partial charge in [-0.25, -0.2) is 0 Å². The van der Waals surface area contributed by atoms with Gasteiger partial charge in [-0.3, -0.25) is 0 Å². The molecule has 0 saturated heterocycles. The summed E-state index contributed by atoms with van der Waals surface area (Å²) in [5.74, 6) is 0. The van der Waals surface area contributed by atoms with Crippen LogP contribution < -0.4 is 4.90 Å². The van der Waals surface area contributed by atoms with Crippen molar-refractivity contribution in [3.63, 3.8) is 0 Å². The van der Waals surface area contributed by atoms with E-state index in [1.54, 1.807) is 0 Å². The molecule has 0 aliphatic rings. The van der Waals surface area contributed by atoms with E-state index >= 15 is 0 Å². The maximum Gasteiger partial charge on any atom is 0.0541 e. The number of aromatic nitrogens is 1. The summed E-state index contributed by atoms with van der Waals surface area (Å²) in [6.45, 7) is 0. The van der Waals surface area contributed by atoms with Crippen molar-refractivity contribution in [1.29, 1.82) is 0 Å². The van der Waals surface area contributed by atoms with Crippen LogP contribution in [0.2, 0.25) is 0 Å². The van der Waals surface area contributed by atoms with Crippen LogP contribution in [-0.4, -0.2) is 4.57 Å². The van der Waals surface area contributed by atoms with E-state index in [4.69, 9.17) is 0 Å². The first-order valence-electron chi connectivity index (χ1n) is 22.0. The minimum Gasteiger partial charge on any atom is -0.310 e. The minimum absolute atomic E-state index is 1.08. The Kier molecular flexibility index (Phi) is 9.20. The normalized spacial score (nSPS) is 11.4. The molecule has 1 aromatic heterocycles. The average Bonchev–Trinajstić information content (AvgIpc) is 3.71. The van der Waals surface area contributed by atoms with Gasteiger partial charge < -0.3 is 9.47 Å². The lowest BCUT2D eigenvalue weighted by Gasteiger charge is -2.27. The molecule has 1 heterocycles. The Labute approximate surface area is 373 Å². The summed E-state index contributed by atoms with van der Waals surface area (Å²) >= 11 is 0. The lowest BCUT2D eigenvalue weighted by Crippen LogP contribution is -2.10. The second-order valence-electron chi connectivity index (χ2n) is 16.5. The molecule has 0 atom stereocenters. The second-order valence-corrected chi connectivity index (χ2v) is 16.5. The number of benzene rings is 11. The molecular weight excluding hydrogens is 773 g/mol. The zero-order valence-corrected chi connectivity index (χ0v) is 35.1. The van der Waals surface area contributed by atoms with Crippen LogP contribution in [0.4, 0.5) is 17.1 Å². The van der Waals surface area contributed by atoms with Gasteiger partial charge >= 0.3 is 0 Å². The highest BCUT2D eigenvalue weighted by Crippen LogP contribution is 2.43. The number of fused-ring (bicyclic) bond motifs is 5. The standard InChI is InChI=1S/C62H42N2/c1-3-22-51-43(16-1)18-14-29-53(51)45-34-38-48(39-35-45)63(50-21-13-20-47(42-50)55-30-15-19-44-17-2-4-23-52(44)55)49-40-36-46(37-41-49)54-24-5-6-25-56(54)57-26-7-10-31-60(57)64-61-32-11-8-27-58(61)59-28-9-12-33-62(59)64/h1-42H. The van der Waals surface area contributed by atoms with Crippen LogP contribution in [0.25, 0.3) is 93.5 Å². The van der Waals surface area contributed by atoms with Crippen molar-refractivity contribution in [1.82, 2.24) is 4.57 Å². The molecule has 0 fully saturated rings. The molecule has 0 N–H and O–H groups in total. The molecule has 0 unspecified atom stereocenters. The van der Waals surface area contributed by atoms with Gasteiger partial charge in [-0.2, -0.15) is 0 Å². The Balaban J connectivity index is 0.971. The predicted molar refractivity (Wildman–Crippen MR) is 272 cm³/mol. The van der Waals surface area contributed by atoms with E-state index in [9.17, 15) is 0 Å². The van der Waals surface area contributed by atoms with Crippen molar-refractivity contribution in [2.24, 2.45) is 0 Å². The average molecular weight is 815 g/mol. The van der Waals surface area contributed by atoms with Gasteiger partial charge in [-0.1, -0.05) is 200 Å². The van der Waals surface area contributed by atoms with E-state index in [2.05, 4.69) is 264 Å². The molecule has 12 rings (SSSR count). The van der Waals surface area contributed by atoms with Gasteiger partial charge in [0.05, 0.1) is 16.7 Å². The lowest BCUT2D eigenvalue weighted by atomic mass is 9.93. The van der Waals surface area contributed by atoms with Gasteiger partial charge in [0.1, 0.15) is 0 Å². The number of anilines is 3. The van der Waals surface area contributed by atoms with Gasteiger partial charge in [0.25, 0.3) is 0 Å². The largest absolute Gasteiger partial charge is 0.310 e. The Hall–Kier alpha value is -8.46. The van der Waals surface area contributed by atoms with Crippen LogP contribution in [0.1, 0.15) is 0 Å². The van der Waals surface area contributed by atoms with Gasteiger partial charge in [0, 0.05) is 33.4 Å². The van der Waals surface area contributed by atoms with E-state index in [1.807, 2.05) is 0 Å². The SMILES string of the molecule is c1cc(-c2cccc3ccccc23)cc(N(c2ccc(-c3ccccc3-c3ccccc3-n3c4ccccc4c4ccccc43)cc2)c2ccc(-c3cccc4ccccc34)cc2)c1. The van der Waals surface area contributed by atoms with Crippen LogP contribution in [0.15, 0.2) is 255 Å². The fraction of sp³-hybridized carbons (Fsp3) is 0. The summed E-state index contributed by atoms with van der Waals surface area (Å²) in [6, 6.07) is 92.6. The molecule has 2 nitrogen and oxygen atoms in total. The predicted octanol–water partition coefficient (Wildman–Crippen LogP) is 17.2. The molecule has 0 saturated carbocycles. The molecule has 0 bridgehead atoms. The highest BCUT2D eigenvalue weighted by Gasteiger charge is 2.19. The first-order chi connectivity index (χ1) is 31.8. The lowest BCUT2D eigenvalue weighted by molar-refractivity contribution is 1.18. The van der Waals surface area contributed by atoms with Crippen molar-refractivity contribution < 1.29 is 0 Å². The fourth-order valence-corrected chi connectivity index (χ4v) is 9.84. The summed E-state index contributed by atoms with van der Waals surface area (Å²) in [4.78, 5) is 2.38. The summed E-state index contributed by atoms with van der Waals surface area (Å²) in [5.41, 5.74) is 16.4. The van der Waals surface area contributed by atoms with Crippen molar-refractivity contribution >= 4 is 60.4 Å². The van der Waals surface area contributed by atoms with Crippen molar-refractivity contribution in [2.75, 3.05) is 4.90 Å². The monoisotopic (exact) mass is 814 g/mol. The molecule has 0 amide bonds. The first kappa shape index (κ1) is 37.3. The van der Waals surface area contributed by atoms with Crippen molar-refractivity contribution in [2.45, 2.75) is 0 Å². The molecule has 0 spiro atoms. The maximum absolute atomic E-state index is 2.43. The number of rotatable bonds is 8. The van der Waals surface area contributed by atoms with Crippen LogP contribution >= 0.6 is 0 Å². The van der Waals surface area contributed by atoms with E-state index in [1.165, 1.54) is 82.3 Å². The third kappa shape index (κ3) is 6.44. The minimum atomic E-state index is 1.08. The summed E-state index contributed by atoms with van der Waals surface area (Å²) in [6.07, 6.45) is 0. The van der Waals surface area contributed by atoms with Crippen LogP contribution in [0.5, 0.6) is 0 Å². The second kappa shape index (κ2) is 15.8. The van der Waals surface area contributed by atoms with Crippen LogP contribution in [0.3, 0.4) is 0 Å². The zero-order chi connectivity index (χ0) is 42.4.